The standard InChI is InChI=1S/C10H12N2O2S/c1-14-7-3-2-4-8-9(7)12-10(13)6(11)5-15-8/h2-4,6H,5,11H2,1H3,(H,12,13)/t6-/m0/s1. The molecule has 0 unspecified atom stereocenters. The van der Waals surface area contributed by atoms with Crippen LogP contribution in [0.3, 0.4) is 0 Å². The van der Waals surface area contributed by atoms with E-state index in [0.717, 1.165) is 10.6 Å². The van der Waals surface area contributed by atoms with Crippen LogP contribution in [-0.4, -0.2) is 24.8 Å². The molecule has 2 rings (SSSR count). The highest BCUT2D eigenvalue weighted by atomic mass is 32.2. The maximum atomic E-state index is 11.5. The average molecular weight is 224 g/mol. The van der Waals surface area contributed by atoms with E-state index >= 15 is 0 Å². The van der Waals surface area contributed by atoms with Crippen molar-refractivity contribution in [1.82, 2.24) is 0 Å². The number of rotatable bonds is 1. The minimum Gasteiger partial charge on any atom is -0.495 e. The Hall–Kier alpha value is -1.20. The lowest BCUT2D eigenvalue weighted by atomic mass is 10.2. The Kier molecular flexibility index (Phi) is 2.83. The van der Waals surface area contributed by atoms with E-state index in [2.05, 4.69) is 5.32 Å². The summed E-state index contributed by atoms with van der Waals surface area (Å²) in [6, 6.07) is 5.19. The van der Waals surface area contributed by atoms with Crippen molar-refractivity contribution in [3.63, 3.8) is 0 Å². The first-order valence-corrected chi connectivity index (χ1v) is 5.57. The van der Waals surface area contributed by atoms with Crippen LogP contribution in [0.25, 0.3) is 0 Å². The maximum Gasteiger partial charge on any atom is 0.242 e. The number of benzene rings is 1. The average Bonchev–Trinajstić information content (AvgIpc) is 2.39. The van der Waals surface area contributed by atoms with E-state index in [-0.39, 0.29) is 5.91 Å². The van der Waals surface area contributed by atoms with Gasteiger partial charge in [-0.15, -0.1) is 11.8 Å². The van der Waals surface area contributed by atoms with Crippen LogP contribution in [0.4, 0.5) is 5.69 Å². The first-order valence-electron chi connectivity index (χ1n) is 4.58. The molecular formula is C10H12N2O2S. The van der Waals surface area contributed by atoms with Gasteiger partial charge in [-0.1, -0.05) is 6.07 Å². The number of carbonyl (C=O) groups is 1. The Morgan fingerprint density at radius 2 is 2.40 bits per heavy atom. The number of nitrogens with one attached hydrogen (secondary N) is 1. The highest BCUT2D eigenvalue weighted by Crippen LogP contribution is 2.37. The van der Waals surface area contributed by atoms with E-state index in [0.29, 0.717) is 11.5 Å². The van der Waals surface area contributed by atoms with Crippen LogP contribution in [0.1, 0.15) is 0 Å². The van der Waals surface area contributed by atoms with E-state index in [9.17, 15) is 4.79 Å². The third kappa shape index (κ3) is 1.93. The zero-order valence-corrected chi connectivity index (χ0v) is 9.14. The number of amides is 1. The van der Waals surface area contributed by atoms with E-state index in [1.165, 1.54) is 0 Å². The van der Waals surface area contributed by atoms with Crippen molar-refractivity contribution >= 4 is 23.4 Å². The fraction of sp³-hybridized carbons (Fsp3) is 0.300. The zero-order valence-electron chi connectivity index (χ0n) is 8.32. The SMILES string of the molecule is COc1cccc2c1NC(=O)[C@@H](N)CS2. The van der Waals surface area contributed by atoms with Gasteiger partial charge in [0.1, 0.15) is 5.75 Å². The highest BCUT2D eigenvalue weighted by Gasteiger charge is 2.22. The van der Waals surface area contributed by atoms with Gasteiger partial charge in [-0.05, 0) is 12.1 Å². The van der Waals surface area contributed by atoms with Crippen molar-refractivity contribution in [2.45, 2.75) is 10.9 Å². The number of anilines is 1. The second-order valence-corrected chi connectivity index (χ2v) is 4.30. The molecular weight excluding hydrogens is 212 g/mol. The molecule has 15 heavy (non-hydrogen) atoms. The molecule has 1 aliphatic rings. The van der Waals surface area contributed by atoms with E-state index < -0.39 is 6.04 Å². The largest absolute Gasteiger partial charge is 0.495 e. The quantitative estimate of drug-likeness (QED) is 0.749. The van der Waals surface area contributed by atoms with E-state index in [4.69, 9.17) is 10.5 Å². The molecule has 0 fully saturated rings. The molecule has 0 spiro atoms. The molecule has 0 aromatic heterocycles. The number of methoxy groups -OCH3 is 1. The van der Waals surface area contributed by atoms with Crippen LogP contribution in [-0.2, 0) is 4.79 Å². The van der Waals surface area contributed by atoms with Crippen LogP contribution < -0.4 is 15.8 Å². The molecule has 0 bridgehead atoms. The first-order chi connectivity index (χ1) is 7.22. The number of hydrogen-bond acceptors (Lipinski definition) is 4. The Labute approximate surface area is 92.2 Å². The summed E-state index contributed by atoms with van der Waals surface area (Å²) in [7, 11) is 1.58. The predicted molar refractivity (Wildman–Crippen MR) is 60.3 cm³/mol. The lowest BCUT2D eigenvalue weighted by molar-refractivity contribution is -0.116. The molecule has 1 aromatic carbocycles. The summed E-state index contributed by atoms with van der Waals surface area (Å²) in [5.41, 5.74) is 6.40. The van der Waals surface area contributed by atoms with Crippen LogP contribution >= 0.6 is 11.8 Å². The molecule has 1 atom stereocenters. The Morgan fingerprint density at radius 3 is 3.13 bits per heavy atom. The number of fused-ring (bicyclic) bond motifs is 1. The molecule has 80 valence electrons. The van der Waals surface area contributed by atoms with Crippen LogP contribution in [0, 0.1) is 0 Å². The molecule has 3 N–H and O–H groups in total. The number of carbonyl (C=O) groups excluding carboxylic acids is 1. The number of nitrogens with two attached hydrogens (primary N) is 1. The molecule has 0 aliphatic carbocycles. The van der Waals surface area contributed by atoms with Crippen molar-refractivity contribution in [2.24, 2.45) is 5.73 Å². The third-order valence-corrected chi connectivity index (χ3v) is 3.39. The zero-order chi connectivity index (χ0) is 10.8. The predicted octanol–water partition coefficient (Wildman–Crippen LogP) is 1.07. The molecule has 0 saturated heterocycles. The summed E-state index contributed by atoms with van der Waals surface area (Å²) in [4.78, 5) is 12.5. The maximum absolute atomic E-state index is 11.5. The Bertz CT molecular complexity index is 395. The molecule has 1 amide bonds. The summed E-state index contributed by atoms with van der Waals surface area (Å²) in [6.45, 7) is 0. The van der Waals surface area contributed by atoms with Gasteiger partial charge in [0.25, 0.3) is 0 Å². The summed E-state index contributed by atoms with van der Waals surface area (Å²) >= 11 is 1.56. The molecule has 5 heteroatoms. The van der Waals surface area contributed by atoms with Gasteiger partial charge in [0.15, 0.2) is 0 Å². The van der Waals surface area contributed by atoms with Gasteiger partial charge in [0, 0.05) is 10.6 Å². The van der Waals surface area contributed by atoms with Gasteiger partial charge in [-0.2, -0.15) is 0 Å². The van der Waals surface area contributed by atoms with Crippen molar-refractivity contribution < 1.29 is 9.53 Å². The van der Waals surface area contributed by atoms with Crippen molar-refractivity contribution in [2.75, 3.05) is 18.2 Å². The van der Waals surface area contributed by atoms with Gasteiger partial charge in [-0.3, -0.25) is 4.79 Å². The molecule has 1 aliphatic heterocycles. The number of para-hydroxylation sites is 1. The molecule has 1 aromatic rings. The summed E-state index contributed by atoms with van der Waals surface area (Å²) < 4.78 is 5.18. The Balaban J connectivity index is 2.43. The fourth-order valence-electron chi connectivity index (χ4n) is 1.40. The summed E-state index contributed by atoms with van der Waals surface area (Å²) in [6.07, 6.45) is 0. The second-order valence-electron chi connectivity index (χ2n) is 3.24. The number of ether oxygens (including phenoxy) is 1. The fourth-order valence-corrected chi connectivity index (χ4v) is 2.38. The van der Waals surface area contributed by atoms with E-state index in [1.54, 1.807) is 18.9 Å². The lowest BCUT2D eigenvalue weighted by Crippen LogP contribution is -2.36. The van der Waals surface area contributed by atoms with Gasteiger partial charge in [0.2, 0.25) is 5.91 Å². The minimum atomic E-state index is -0.466. The minimum absolute atomic E-state index is 0.161. The van der Waals surface area contributed by atoms with Crippen LogP contribution in [0.2, 0.25) is 0 Å². The topological polar surface area (TPSA) is 64.3 Å². The van der Waals surface area contributed by atoms with Gasteiger partial charge < -0.3 is 15.8 Å². The van der Waals surface area contributed by atoms with Crippen LogP contribution in [0.5, 0.6) is 5.75 Å². The smallest absolute Gasteiger partial charge is 0.242 e. The van der Waals surface area contributed by atoms with Gasteiger partial charge in [-0.25, -0.2) is 0 Å². The Morgan fingerprint density at radius 1 is 1.60 bits per heavy atom. The van der Waals surface area contributed by atoms with Crippen molar-refractivity contribution in [3.05, 3.63) is 18.2 Å². The second kappa shape index (κ2) is 4.12. The number of thioether (sulfide) groups is 1. The van der Waals surface area contributed by atoms with Gasteiger partial charge in [0.05, 0.1) is 18.8 Å². The number of hydrogen-bond donors (Lipinski definition) is 2. The summed E-state index contributed by atoms with van der Waals surface area (Å²) in [5, 5.41) is 2.78. The lowest BCUT2D eigenvalue weighted by Gasteiger charge is -2.11. The molecule has 4 nitrogen and oxygen atoms in total. The summed E-state index contributed by atoms with van der Waals surface area (Å²) in [5.74, 6) is 1.10. The highest BCUT2D eigenvalue weighted by molar-refractivity contribution is 7.99. The molecule has 1 heterocycles. The normalized spacial score (nSPS) is 20.1. The third-order valence-electron chi connectivity index (χ3n) is 2.21. The first kappa shape index (κ1) is 10.3. The monoisotopic (exact) mass is 224 g/mol. The van der Waals surface area contributed by atoms with E-state index in [1.807, 2.05) is 18.2 Å². The molecule has 0 saturated carbocycles. The molecule has 0 radical (unpaired) electrons. The van der Waals surface area contributed by atoms with Gasteiger partial charge >= 0.3 is 0 Å². The van der Waals surface area contributed by atoms with Crippen LogP contribution in [0.15, 0.2) is 23.1 Å². The van der Waals surface area contributed by atoms with Crippen molar-refractivity contribution in [1.29, 1.82) is 0 Å². The van der Waals surface area contributed by atoms with Crippen molar-refractivity contribution in [3.8, 4) is 5.75 Å².